The number of nitrogens with zero attached hydrogens (tertiary/aromatic N) is 3. The van der Waals surface area contributed by atoms with Gasteiger partial charge in [-0.1, -0.05) is 26.8 Å². The molecule has 0 saturated carbocycles. The van der Waals surface area contributed by atoms with Crippen LogP contribution in [0.1, 0.15) is 72.9 Å². The minimum Gasteiger partial charge on any atom is -0.496 e. The fourth-order valence-electron chi connectivity index (χ4n) is 5.22. The van der Waals surface area contributed by atoms with Gasteiger partial charge in [-0.25, -0.2) is 0 Å². The number of pyridine rings is 1. The number of piperazine rings is 1. The molecule has 2 aromatic rings. The fraction of sp³-hybridized carbons (Fsp3) is 0.538. The molecule has 3 heterocycles. The Balaban J connectivity index is 1.46. The van der Waals surface area contributed by atoms with Gasteiger partial charge in [-0.05, 0) is 62.1 Å². The first-order valence-corrected chi connectivity index (χ1v) is 11.3. The largest absolute Gasteiger partial charge is 0.496 e. The number of rotatable bonds is 4. The first kappa shape index (κ1) is 21.8. The molecule has 0 spiro atoms. The summed E-state index contributed by atoms with van der Waals surface area (Å²) in [4.78, 5) is 22.4. The molecule has 4 rings (SSSR count). The Morgan fingerprint density at radius 3 is 2.39 bits per heavy atom. The van der Waals surface area contributed by atoms with E-state index < -0.39 is 0 Å². The maximum absolute atomic E-state index is 13.2. The third kappa shape index (κ3) is 3.84. The first-order chi connectivity index (χ1) is 14.6. The lowest BCUT2D eigenvalue weighted by Crippen LogP contribution is -2.49. The van der Waals surface area contributed by atoms with Crippen LogP contribution in [0.25, 0.3) is 0 Å². The molecule has 2 fully saturated rings. The van der Waals surface area contributed by atoms with Crippen LogP contribution in [0.5, 0.6) is 5.75 Å². The number of hydrogen-bond donors (Lipinski definition) is 0. The highest BCUT2D eigenvalue weighted by atomic mass is 16.5. The van der Waals surface area contributed by atoms with E-state index in [2.05, 4.69) is 68.5 Å². The zero-order chi connectivity index (χ0) is 22.5. The lowest BCUT2D eigenvalue weighted by atomic mass is 9.91. The average Bonchev–Trinajstić information content (AvgIpc) is 3.35. The molecule has 3 atom stereocenters. The molecule has 5 heteroatoms. The van der Waals surface area contributed by atoms with Crippen LogP contribution in [0.4, 0.5) is 0 Å². The van der Waals surface area contributed by atoms with Gasteiger partial charge in [0.25, 0.3) is 5.91 Å². The van der Waals surface area contributed by atoms with E-state index in [-0.39, 0.29) is 17.4 Å². The van der Waals surface area contributed by atoms with Crippen LogP contribution in [0.15, 0.2) is 30.5 Å². The van der Waals surface area contributed by atoms with Gasteiger partial charge in [0.2, 0.25) is 0 Å². The predicted octanol–water partition coefficient (Wildman–Crippen LogP) is 4.66. The van der Waals surface area contributed by atoms with Gasteiger partial charge in [0.1, 0.15) is 5.75 Å². The number of ether oxygens (including phenoxy) is 1. The molecule has 2 saturated heterocycles. The number of fused-ring (bicyclic) bond motifs is 2. The molecular formula is C26H35N3O2. The van der Waals surface area contributed by atoms with Crippen molar-refractivity contribution in [3.63, 3.8) is 0 Å². The van der Waals surface area contributed by atoms with Gasteiger partial charge in [-0.15, -0.1) is 0 Å². The van der Waals surface area contributed by atoms with Gasteiger partial charge in [-0.3, -0.25) is 14.7 Å². The van der Waals surface area contributed by atoms with E-state index >= 15 is 0 Å². The van der Waals surface area contributed by atoms with E-state index in [1.54, 1.807) is 13.3 Å². The van der Waals surface area contributed by atoms with Crippen molar-refractivity contribution >= 4 is 5.91 Å². The van der Waals surface area contributed by atoms with E-state index in [4.69, 9.17) is 4.74 Å². The molecule has 166 valence electrons. The summed E-state index contributed by atoms with van der Waals surface area (Å²) in [7, 11) is 1.72. The third-order valence-electron chi connectivity index (χ3n) is 7.27. The van der Waals surface area contributed by atoms with Gasteiger partial charge < -0.3 is 9.64 Å². The SMILES string of the molecule is COc1ccc([C@H](C)N2C[C@H]3C[C@@H]2CN3C(=O)c2ccc(C(C)(C)C)nc2)c(C)c1C. The number of methoxy groups -OCH3 is 1. The lowest BCUT2D eigenvalue weighted by Gasteiger charge is -2.38. The second-order valence-corrected chi connectivity index (χ2v) is 10.2. The maximum atomic E-state index is 13.2. The Kier molecular flexibility index (Phi) is 5.59. The Labute approximate surface area is 186 Å². The molecule has 0 unspecified atom stereocenters. The predicted molar refractivity (Wildman–Crippen MR) is 124 cm³/mol. The van der Waals surface area contributed by atoms with Crippen LogP contribution in [0, 0.1) is 13.8 Å². The standard InChI is InChI=1S/C26H35N3O2/c1-16-17(2)23(31-7)10-9-22(16)18(3)28-14-21-12-20(28)15-29(21)25(30)19-8-11-24(27-13-19)26(4,5)6/h8-11,13,18,20-21H,12,14-15H2,1-7H3/t18-,20+,21+/m0/s1. The van der Waals surface area contributed by atoms with E-state index in [1.807, 2.05) is 12.1 Å². The number of benzene rings is 1. The van der Waals surface area contributed by atoms with E-state index in [1.165, 1.54) is 16.7 Å². The summed E-state index contributed by atoms with van der Waals surface area (Å²) >= 11 is 0. The summed E-state index contributed by atoms with van der Waals surface area (Å²) in [5, 5.41) is 0. The highest BCUT2D eigenvalue weighted by Crippen LogP contribution is 2.39. The maximum Gasteiger partial charge on any atom is 0.255 e. The zero-order valence-corrected chi connectivity index (χ0v) is 19.9. The third-order valence-corrected chi connectivity index (χ3v) is 7.27. The van der Waals surface area contributed by atoms with Crippen molar-refractivity contribution < 1.29 is 9.53 Å². The Hall–Kier alpha value is -2.40. The van der Waals surface area contributed by atoms with Crippen molar-refractivity contribution in [3.8, 4) is 5.75 Å². The number of carbonyl (C=O) groups is 1. The van der Waals surface area contributed by atoms with Crippen LogP contribution in [-0.2, 0) is 5.41 Å². The van der Waals surface area contributed by atoms with E-state index in [9.17, 15) is 4.79 Å². The summed E-state index contributed by atoms with van der Waals surface area (Å²) in [6.07, 6.45) is 2.80. The lowest BCUT2D eigenvalue weighted by molar-refractivity contribution is 0.0568. The van der Waals surface area contributed by atoms with Gasteiger partial charge in [0.05, 0.1) is 12.7 Å². The minimum absolute atomic E-state index is 0.0110. The molecule has 31 heavy (non-hydrogen) atoms. The van der Waals surface area contributed by atoms with E-state index in [0.717, 1.165) is 31.0 Å². The summed E-state index contributed by atoms with van der Waals surface area (Å²) in [6, 6.07) is 9.21. The van der Waals surface area contributed by atoms with Gasteiger partial charge >= 0.3 is 0 Å². The van der Waals surface area contributed by atoms with Crippen molar-refractivity contribution in [1.82, 2.24) is 14.8 Å². The molecule has 1 amide bonds. The molecule has 1 aromatic heterocycles. The summed E-state index contributed by atoms with van der Waals surface area (Å²) in [5.74, 6) is 1.06. The Morgan fingerprint density at radius 1 is 1.10 bits per heavy atom. The summed E-state index contributed by atoms with van der Waals surface area (Å²) < 4.78 is 5.48. The van der Waals surface area contributed by atoms with Crippen molar-refractivity contribution in [2.24, 2.45) is 0 Å². The fourth-order valence-corrected chi connectivity index (χ4v) is 5.22. The monoisotopic (exact) mass is 421 g/mol. The molecule has 0 aliphatic carbocycles. The van der Waals surface area contributed by atoms with Crippen LogP contribution in [0.2, 0.25) is 0 Å². The topological polar surface area (TPSA) is 45.7 Å². The van der Waals surface area contributed by atoms with Gasteiger partial charge in [-0.2, -0.15) is 0 Å². The smallest absolute Gasteiger partial charge is 0.255 e. The number of aromatic nitrogens is 1. The van der Waals surface area contributed by atoms with Crippen LogP contribution >= 0.6 is 0 Å². The normalized spacial score (nSPS) is 22.1. The Morgan fingerprint density at radius 2 is 1.84 bits per heavy atom. The van der Waals surface area contributed by atoms with Crippen molar-refractivity contribution in [1.29, 1.82) is 0 Å². The second kappa shape index (κ2) is 7.94. The molecule has 5 nitrogen and oxygen atoms in total. The number of carbonyl (C=O) groups excluding carboxylic acids is 1. The zero-order valence-electron chi connectivity index (χ0n) is 19.9. The highest BCUT2D eigenvalue weighted by molar-refractivity contribution is 5.94. The van der Waals surface area contributed by atoms with Crippen LogP contribution < -0.4 is 4.74 Å². The summed E-state index contributed by atoms with van der Waals surface area (Å²) in [5.41, 5.74) is 5.56. The average molecular weight is 422 g/mol. The first-order valence-electron chi connectivity index (χ1n) is 11.3. The van der Waals surface area contributed by atoms with Crippen LogP contribution in [0.3, 0.4) is 0 Å². The van der Waals surface area contributed by atoms with Crippen molar-refractivity contribution in [3.05, 3.63) is 58.4 Å². The molecule has 2 bridgehead atoms. The number of hydrogen-bond acceptors (Lipinski definition) is 4. The summed E-state index contributed by atoms with van der Waals surface area (Å²) in [6.45, 7) is 14.7. The molecule has 0 N–H and O–H groups in total. The molecular weight excluding hydrogens is 386 g/mol. The molecule has 2 aliphatic heterocycles. The molecule has 2 aliphatic rings. The Bertz CT molecular complexity index is 977. The van der Waals surface area contributed by atoms with Crippen molar-refractivity contribution in [2.75, 3.05) is 20.2 Å². The second-order valence-electron chi connectivity index (χ2n) is 10.2. The molecule has 1 aromatic carbocycles. The number of likely N-dealkylation sites (tertiary alicyclic amines) is 2. The quantitative estimate of drug-likeness (QED) is 0.720. The highest BCUT2D eigenvalue weighted by Gasteiger charge is 2.47. The van der Waals surface area contributed by atoms with Gasteiger partial charge in [0, 0.05) is 48.5 Å². The van der Waals surface area contributed by atoms with E-state index in [0.29, 0.717) is 17.6 Å². The van der Waals surface area contributed by atoms with Crippen LogP contribution in [-0.4, -0.2) is 53.0 Å². The van der Waals surface area contributed by atoms with Crippen molar-refractivity contribution in [2.45, 2.75) is 71.5 Å². The number of amides is 1. The minimum atomic E-state index is -0.0110. The van der Waals surface area contributed by atoms with Gasteiger partial charge in [0.15, 0.2) is 0 Å². The molecule has 0 radical (unpaired) electrons.